The first-order valence-corrected chi connectivity index (χ1v) is 18.8. The molecule has 0 heterocycles. The Kier molecular flexibility index (Phi) is 10.2. The highest BCUT2D eigenvalue weighted by Crippen LogP contribution is 2.47. The molecular weight excluding hydrogens is 579 g/mol. The highest BCUT2D eigenvalue weighted by molar-refractivity contribution is 6.68. The van der Waals surface area contributed by atoms with Gasteiger partial charge in [0, 0.05) is 0 Å². The van der Waals surface area contributed by atoms with E-state index in [4.69, 9.17) is 0 Å². The molecule has 0 N–H and O–H groups in total. The van der Waals surface area contributed by atoms with Gasteiger partial charge in [-0.3, -0.25) is 0 Å². The lowest BCUT2D eigenvalue weighted by Gasteiger charge is -2.33. The van der Waals surface area contributed by atoms with Gasteiger partial charge < -0.3 is 0 Å². The average Bonchev–Trinajstić information content (AvgIpc) is 3.09. The number of fused-ring (bicyclic) bond motifs is 3. The summed E-state index contributed by atoms with van der Waals surface area (Å²) in [7, 11) is 18.4. The standard InChI is InChI=1S/C41H50B8/c1-20(2)23-16-18-24(19-17-23)31-25-11-5-7-13-27(25)32(28-14-8-6-12-26(28)31)34-35-33(38(46)40(48)41(49)39(35)47)30(36(44)37(34)45)21(3)10-9-15-29(43)22(4)42/h5-15,20-21,23-24H,4,16-19,42-49H2,1-3H3/b10-9-,29-15-/t21-,23?,24?/m1/s1. The molecule has 5 aromatic rings. The first-order chi connectivity index (χ1) is 23.3. The zero-order valence-corrected chi connectivity index (χ0v) is 32.2. The molecule has 0 amide bonds. The van der Waals surface area contributed by atoms with Crippen LogP contribution in [-0.4, -0.2) is 62.8 Å². The molecule has 0 aliphatic heterocycles. The normalized spacial score (nSPS) is 17.8. The summed E-state index contributed by atoms with van der Waals surface area (Å²) in [5.41, 5.74) is 16.7. The Morgan fingerprint density at radius 1 is 0.653 bits per heavy atom. The average molecular weight is 629 g/mol. The van der Waals surface area contributed by atoms with Crippen LogP contribution >= 0.6 is 0 Å². The second-order valence-corrected chi connectivity index (χ2v) is 15.8. The van der Waals surface area contributed by atoms with Gasteiger partial charge in [0.1, 0.15) is 62.8 Å². The quantitative estimate of drug-likeness (QED) is 0.131. The van der Waals surface area contributed by atoms with Gasteiger partial charge >= 0.3 is 0 Å². The van der Waals surface area contributed by atoms with Crippen molar-refractivity contribution in [1.29, 1.82) is 0 Å². The minimum Gasteiger partial charge on any atom is -0.106 e. The summed E-state index contributed by atoms with van der Waals surface area (Å²) in [6, 6.07) is 18.7. The molecule has 0 saturated heterocycles. The molecule has 8 heteroatoms. The van der Waals surface area contributed by atoms with Crippen molar-refractivity contribution in [3.8, 4) is 11.1 Å². The Hall–Kier alpha value is -3.38. The zero-order chi connectivity index (χ0) is 35.3. The zero-order valence-electron chi connectivity index (χ0n) is 32.2. The monoisotopic (exact) mass is 630 g/mol. The summed E-state index contributed by atoms with van der Waals surface area (Å²) < 4.78 is 0. The van der Waals surface area contributed by atoms with E-state index in [0.29, 0.717) is 5.92 Å². The van der Waals surface area contributed by atoms with Crippen molar-refractivity contribution in [2.75, 3.05) is 0 Å². The number of allylic oxidation sites excluding steroid dienone is 5. The maximum absolute atomic E-state index is 4.14. The van der Waals surface area contributed by atoms with Gasteiger partial charge in [0.15, 0.2) is 0 Å². The van der Waals surface area contributed by atoms with Gasteiger partial charge in [-0.05, 0) is 104 Å². The molecule has 5 aromatic carbocycles. The van der Waals surface area contributed by atoms with Crippen LogP contribution in [-0.2, 0) is 0 Å². The summed E-state index contributed by atoms with van der Waals surface area (Å²) in [6.45, 7) is 11.3. The van der Waals surface area contributed by atoms with Gasteiger partial charge in [0.2, 0.25) is 0 Å². The fourth-order valence-electron chi connectivity index (χ4n) is 9.16. The van der Waals surface area contributed by atoms with Crippen molar-refractivity contribution in [3.05, 3.63) is 95.4 Å². The Morgan fingerprint density at radius 2 is 1.16 bits per heavy atom. The molecule has 1 atom stereocenters. The molecule has 1 aliphatic carbocycles. The van der Waals surface area contributed by atoms with Gasteiger partial charge in [-0.15, -0.1) is 23.0 Å². The van der Waals surface area contributed by atoms with Gasteiger partial charge in [0.25, 0.3) is 0 Å². The highest BCUT2D eigenvalue weighted by atomic mass is 14.3. The van der Waals surface area contributed by atoms with Crippen molar-refractivity contribution in [3.63, 3.8) is 0 Å². The predicted octanol–water partition coefficient (Wildman–Crippen LogP) is -0.383. The third kappa shape index (κ3) is 6.17. The molecule has 0 unspecified atom stereocenters. The van der Waals surface area contributed by atoms with Crippen LogP contribution in [0.2, 0.25) is 0 Å². The molecule has 0 aromatic heterocycles. The van der Waals surface area contributed by atoms with E-state index in [1.807, 2.05) is 0 Å². The Labute approximate surface area is 303 Å². The largest absolute Gasteiger partial charge is 0.139 e. The van der Waals surface area contributed by atoms with Crippen molar-refractivity contribution < 1.29 is 0 Å². The molecular formula is C41H50B8. The summed E-state index contributed by atoms with van der Waals surface area (Å²) in [5.74, 6) is 2.49. The predicted molar refractivity (Wildman–Crippen MR) is 245 cm³/mol. The van der Waals surface area contributed by atoms with E-state index >= 15 is 0 Å². The van der Waals surface area contributed by atoms with E-state index in [2.05, 4.69) is 157 Å². The topological polar surface area (TPSA) is 0 Å². The maximum Gasteiger partial charge on any atom is 0.139 e. The minimum atomic E-state index is 0.265. The van der Waals surface area contributed by atoms with E-state index in [1.165, 1.54) is 113 Å². The van der Waals surface area contributed by atoms with Gasteiger partial charge in [-0.2, -0.15) is 0 Å². The second-order valence-electron chi connectivity index (χ2n) is 15.8. The molecule has 0 spiro atoms. The fourth-order valence-corrected chi connectivity index (χ4v) is 9.16. The lowest BCUT2D eigenvalue weighted by atomic mass is 9.59. The molecule has 0 radical (unpaired) electrons. The summed E-state index contributed by atoms with van der Waals surface area (Å²) in [5, 5.41) is 8.60. The van der Waals surface area contributed by atoms with Crippen LogP contribution < -0.4 is 32.8 Å². The Bertz CT molecular complexity index is 2130. The van der Waals surface area contributed by atoms with Crippen molar-refractivity contribution in [2.45, 2.75) is 58.3 Å². The first-order valence-electron chi connectivity index (χ1n) is 18.8. The molecule has 1 fully saturated rings. The van der Waals surface area contributed by atoms with E-state index in [0.717, 1.165) is 17.3 Å². The molecule has 0 bridgehead atoms. The molecule has 238 valence electrons. The third-order valence-corrected chi connectivity index (χ3v) is 12.8. The van der Waals surface area contributed by atoms with Crippen LogP contribution in [0.1, 0.15) is 69.4 Å². The SMILES string of the molecule is BC(=C)/C(B)=C/C=C\[C@@H](C)c1c(B)c(B)c(-c2c3ccccc3c(C3CCC(C(C)C)CC3)c3ccccc23)c2c(B)c(B)c(B)c(B)c12. The van der Waals surface area contributed by atoms with Crippen molar-refractivity contribution >= 4 is 128 Å². The van der Waals surface area contributed by atoms with Crippen molar-refractivity contribution in [1.82, 2.24) is 0 Å². The van der Waals surface area contributed by atoms with E-state index in [-0.39, 0.29) is 5.92 Å². The van der Waals surface area contributed by atoms with Crippen LogP contribution in [0.15, 0.2) is 84.3 Å². The molecule has 6 rings (SSSR count). The number of benzene rings is 5. The van der Waals surface area contributed by atoms with Crippen LogP contribution in [0.25, 0.3) is 43.4 Å². The number of hydrogen-bond acceptors (Lipinski definition) is 0. The number of hydrogen-bond donors (Lipinski definition) is 0. The lowest BCUT2D eigenvalue weighted by molar-refractivity contribution is 0.260. The summed E-state index contributed by atoms with van der Waals surface area (Å²) >= 11 is 0. The van der Waals surface area contributed by atoms with Crippen LogP contribution in [0.3, 0.4) is 0 Å². The van der Waals surface area contributed by atoms with Crippen molar-refractivity contribution in [2.24, 2.45) is 11.8 Å². The molecule has 49 heavy (non-hydrogen) atoms. The minimum absolute atomic E-state index is 0.265. The summed E-state index contributed by atoms with van der Waals surface area (Å²) in [6.07, 6.45) is 12.1. The van der Waals surface area contributed by atoms with Crippen LogP contribution in [0.5, 0.6) is 0 Å². The van der Waals surface area contributed by atoms with E-state index < -0.39 is 0 Å². The van der Waals surface area contributed by atoms with Gasteiger partial charge in [0.05, 0.1) is 0 Å². The van der Waals surface area contributed by atoms with Crippen LogP contribution in [0.4, 0.5) is 0 Å². The summed E-state index contributed by atoms with van der Waals surface area (Å²) in [4.78, 5) is 0. The Morgan fingerprint density at radius 3 is 1.67 bits per heavy atom. The van der Waals surface area contributed by atoms with E-state index in [9.17, 15) is 0 Å². The molecule has 0 nitrogen and oxygen atoms in total. The third-order valence-electron chi connectivity index (χ3n) is 12.8. The second kappa shape index (κ2) is 14.1. The van der Waals surface area contributed by atoms with Crippen LogP contribution in [0, 0.1) is 11.8 Å². The molecule has 1 saturated carbocycles. The lowest BCUT2D eigenvalue weighted by Crippen LogP contribution is -2.49. The Balaban J connectivity index is 1.71. The molecule has 1 aliphatic rings. The fraction of sp³-hybridized carbons (Fsp3) is 0.268. The highest BCUT2D eigenvalue weighted by Gasteiger charge is 2.29. The van der Waals surface area contributed by atoms with Gasteiger partial charge in [-0.1, -0.05) is 115 Å². The van der Waals surface area contributed by atoms with Gasteiger partial charge in [-0.25, -0.2) is 0 Å². The first kappa shape index (κ1) is 35.4. The number of rotatable bonds is 7. The smallest absolute Gasteiger partial charge is 0.106 e. The maximum atomic E-state index is 4.14. The van der Waals surface area contributed by atoms with E-state index in [1.54, 1.807) is 5.56 Å².